The molecule has 0 heterocycles. The maximum absolute atomic E-state index is 13.4. The van der Waals surface area contributed by atoms with Crippen molar-refractivity contribution in [3.05, 3.63) is 34.1 Å². The number of nitro groups is 1. The first-order chi connectivity index (χ1) is 9.00. The van der Waals surface area contributed by atoms with Crippen LogP contribution in [0.15, 0.2) is 18.2 Å². The highest BCUT2D eigenvalue weighted by Crippen LogP contribution is 2.22. The molecule has 0 aliphatic carbocycles. The molecule has 1 aromatic carbocycles. The van der Waals surface area contributed by atoms with E-state index < -0.39 is 16.7 Å². The zero-order valence-electron chi connectivity index (χ0n) is 10.2. The number of carboxylic acid groups (broad SMARTS) is 1. The lowest BCUT2D eigenvalue weighted by Crippen LogP contribution is -2.01. The standard InChI is InChI=1S/C12H14FNO5/c13-10-8-9(14(17)18)5-6-11(10)19-7-3-1-2-4-12(15)16/h5-6,8H,1-4,7H2,(H,15,16). The topological polar surface area (TPSA) is 89.7 Å². The molecule has 19 heavy (non-hydrogen) atoms. The Bertz CT molecular complexity index is 463. The van der Waals surface area contributed by atoms with E-state index in [0.29, 0.717) is 19.3 Å². The zero-order valence-corrected chi connectivity index (χ0v) is 10.2. The first-order valence-corrected chi connectivity index (χ1v) is 5.79. The number of ether oxygens (including phenoxy) is 1. The number of nitro benzene ring substituents is 1. The molecule has 0 amide bonds. The molecule has 0 spiro atoms. The Labute approximate surface area is 109 Å². The summed E-state index contributed by atoms with van der Waals surface area (Å²) in [6.45, 7) is 0.244. The lowest BCUT2D eigenvalue weighted by molar-refractivity contribution is -0.385. The van der Waals surface area contributed by atoms with E-state index in [2.05, 4.69) is 0 Å². The summed E-state index contributed by atoms with van der Waals surface area (Å²) in [5.41, 5.74) is -0.327. The van der Waals surface area contributed by atoms with Crippen molar-refractivity contribution in [1.82, 2.24) is 0 Å². The van der Waals surface area contributed by atoms with Crippen LogP contribution in [-0.2, 0) is 4.79 Å². The fourth-order valence-electron chi connectivity index (χ4n) is 1.46. The van der Waals surface area contributed by atoms with Gasteiger partial charge in [0.25, 0.3) is 5.69 Å². The molecule has 104 valence electrons. The van der Waals surface area contributed by atoms with Gasteiger partial charge in [0.15, 0.2) is 11.6 Å². The van der Waals surface area contributed by atoms with E-state index in [4.69, 9.17) is 9.84 Å². The van der Waals surface area contributed by atoms with Gasteiger partial charge in [-0.05, 0) is 25.3 Å². The first kappa shape index (κ1) is 14.9. The molecule has 1 rings (SSSR count). The molecule has 0 fully saturated rings. The Morgan fingerprint density at radius 3 is 2.68 bits per heavy atom. The summed E-state index contributed by atoms with van der Waals surface area (Å²) in [6.07, 6.45) is 1.91. The largest absolute Gasteiger partial charge is 0.491 e. The van der Waals surface area contributed by atoms with Gasteiger partial charge in [0, 0.05) is 12.5 Å². The van der Waals surface area contributed by atoms with Gasteiger partial charge >= 0.3 is 5.97 Å². The Morgan fingerprint density at radius 2 is 2.11 bits per heavy atom. The molecule has 0 radical (unpaired) electrons. The fourth-order valence-corrected chi connectivity index (χ4v) is 1.46. The van der Waals surface area contributed by atoms with E-state index in [1.807, 2.05) is 0 Å². The maximum atomic E-state index is 13.4. The Hall–Kier alpha value is -2.18. The third-order valence-corrected chi connectivity index (χ3v) is 2.42. The van der Waals surface area contributed by atoms with Crippen molar-refractivity contribution in [1.29, 1.82) is 0 Å². The molecule has 7 heteroatoms. The van der Waals surface area contributed by atoms with E-state index in [0.717, 1.165) is 6.07 Å². The molecule has 1 aromatic rings. The van der Waals surface area contributed by atoms with Gasteiger partial charge in [-0.25, -0.2) is 4.39 Å². The Morgan fingerprint density at radius 1 is 1.37 bits per heavy atom. The number of benzene rings is 1. The minimum Gasteiger partial charge on any atom is -0.491 e. The molecular weight excluding hydrogens is 257 g/mol. The van der Waals surface area contributed by atoms with Crippen molar-refractivity contribution in [3.8, 4) is 5.75 Å². The third kappa shape index (κ3) is 5.33. The SMILES string of the molecule is O=C(O)CCCCCOc1ccc([N+](=O)[O-])cc1F. The van der Waals surface area contributed by atoms with Crippen LogP contribution in [0.25, 0.3) is 0 Å². The van der Waals surface area contributed by atoms with Crippen LogP contribution in [0.5, 0.6) is 5.75 Å². The molecule has 6 nitrogen and oxygen atoms in total. The predicted octanol–water partition coefficient (Wildman–Crippen LogP) is 2.76. The summed E-state index contributed by atoms with van der Waals surface area (Å²) >= 11 is 0. The highest BCUT2D eigenvalue weighted by molar-refractivity contribution is 5.66. The van der Waals surface area contributed by atoms with Gasteiger partial charge in [0.05, 0.1) is 17.6 Å². The summed E-state index contributed by atoms with van der Waals surface area (Å²) in [7, 11) is 0. The van der Waals surface area contributed by atoms with Crippen LogP contribution in [0.2, 0.25) is 0 Å². The number of non-ortho nitro benzene ring substituents is 1. The van der Waals surface area contributed by atoms with Gasteiger partial charge < -0.3 is 9.84 Å². The van der Waals surface area contributed by atoms with E-state index in [9.17, 15) is 19.3 Å². The number of rotatable bonds is 8. The van der Waals surface area contributed by atoms with Crippen LogP contribution in [0.3, 0.4) is 0 Å². The van der Waals surface area contributed by atoms with Gasteiger partial charge in [-0.3, -0.25) is 14.9 Å². The van der Waals surface area contributed by atoms with Gasteiger partial charge in [0.1, 0.15) is 0 Å². The van der Waals surface area contributed by atoms with Crippen molar-refractivity contribution < 1.29 is 24.0 Å². The van der Waals surface area contributed by atoms with Crippen molar-refractivity contribution in [2.75, 3.05) is 6.61 Å². The van der Waals surface area contributed by atoms with Crippen molar-refractivity contribution in [2.24, 2.45) is 0 Å². The van der Waals surface area contributed by atoms with Gasteiger partial charge in [-0.2, -0.15) is 0 Å². The number of hydrogen-bond acceptors (Lipinski definition) is 4. The number of aliphatic carboxylic acids is 1. The molecule has 0 bridgehead atoms. The summed E-state index contributed by atoms with van der Waals surface area (Å²) in [5, 5.41) is 18.8. The lowest BCUT2D eigenvalue weighted by atomic mass is 10.2. The summed E-state index contributed by atoms with van der Waals surface area (Å²) in [6, 6.07) is 3.19. The molecule has 0 saturated heterocycles. The van der Waals surface area contributed by atoms with E-state index >= 15 is 0 Å². The Balaban J connectivity index is 2.33. The molecule has 0 aliphatic heterocycles. The highest BCUT2D eigenvalue weighted by atomic mass is 19.1. The van der Waals surface area contributed by atoms with Crippen LogP contribution in [0.4, 0.5) is 10.1 Å². The van der Waals surface area contributed by atoms with E-state index in [1.54, 1.807) is 0 Å². The monoisotopic (exact) mass is 271 g/mol. The number of hydrogen-bond donors (Lipinski definition) is 1. The molecule has 0 saturated carbocycles. The third-order valence-electron chi connectivity index (χ3n) is 2.42. The second-order valence-corrected chi connectivity index (χ2v) is 3.92. The van der Waals surface area contributed by atoms with Crippen molar-refractivity contribution in [3.63, 3.8) is 0 Å². The number of carboxylic acids is 1. The van der Waals surface area contributed by atoms with Crippen molar-refractivity contribution >= 4 is 11.7 Å². The van der Waals surface area contributed by atoms with Gasteiger partial charge in [-0.15, -0.1) is 0 Å². The smallest absolute Gasteiger partial charge is 0.303 e. The molecule has 0 atom stereocenters. The maximum Gasteiger partial charge on any atom is 0.303 e. The summed E-state index contributed by atoms with van der Waals surface area (Å²) < 4.78 is 18.5. The van der Waals surface area contributed by atoms with Gasteiger partial charge in [0.2, 0.25) is 0 Å². The van der Waals surface area contributed by atoms with Gasteiger partial charge in [-0.1, -0.05) is 0 Å². The van der Waals surface area contributed by atoms with Crippen LogP contribution in [-0.4, -0.2) is 22.6 Å². The fraction of sp³-hybridized carbons (Fsp3) is 0.417. The first-order valence-electron chi connectivity index (χ1n) is 5.79. The second-order valence-electron chi connectivity index (χ2n) is 3.92. The highest BCUT2D eigenvalue weighted by Gasteiger charge is 2.11. The molecule has 0 unspecified atom stereocenters. The van der Waals surface area contributed by atoms with Crippen LogP contribution < -0.4 is 4.74 Å². The average Bonchev–Trinajstić information content (AvgIpc) is 2.34. The number of carbonyl (C=O) groups is 1. The lowest BCUT2D eigenvalue weighted by Gasteiger charge is -2.06. The minimum atomic E-state index is -0.845. The number of halogens is 1. The number of unbranched alkanes of at least 4 members (excludes halogenated alkanes) is 2. The normalized spacial score (nSPS) is 10.2. The van der Waals surface area contributed by atoms with E-state index in [-0.39, 0.29) is 24.5 Å². The van der Waals surface area contributed by atoms with Crippen molar-refractivity contribution in [2.45, 2.75) is 25.7 Å². The quantitative estimate of drug-likeness (QED) is 0.446. The predicted molar refractivity (Wildman–Crippen MR) is 64.7 cm³/mol. The molecular formula is C12H14FNO5. The van der Waals surface area contributed by atoms with Crippen LogP contribution in [0, 0.1) is 15.9 Å². The molecule has 0 aliphatic rings. The molecule has 0 aromatic heterocycles. The molecule has 1 N–H and O–H groups in total. The number of nitrogens with zero attached hydrogens (tertiary/aromatic N) is 1. The average molecular weight is 271 g/mol. The Kier molecular flexibility index (Phi) is 5.72. The van der Waals surface area contributed by atoms with Crippen LogP contribution in [0.1, 0.15) is 25.7 Å². The van der Waals surface area contributed by atoms with E-state index in [1.165, 1.54) is 12.1 Å². The minimum absolute atomic E-state index is 0.0381. The second kappa shape index (κ2) is 7.30. The summed E-state index contributed by atoms with van der Waals surface area (Å²) in [4.78, 5) is 20.0. The van der Waals surface area contributed by atoms with Crippen LogP contribution >= 0.6 is 0 Å². The summed E-state index contributed by atoms with van der Waals surface area (Å²) in [5.74, 6) is -1.66. The zero-order chi connectivity index (χ0) is 14.3.